The van der Waals surface area contributed by atoms with Crippen LogP contribution in [0.1, 0.15) is 39.2 Å². The lowest BCUT2D eigenvalue weighted by molar-refractivity contribution is 0.0531. The van der Waals surface area contributed by atoms with E-state index in [2.05, 4.69) is 36.3 Å². The molecular formula is C19H31N3O2. The zero-order chi connectivity index (χ0) is 17.4. The molecule has 1 aliphatic heterocycles. The molecule has 1 saturated heterocycles. The number of aliphatic imine (C=N–C) groups is 1. The van der Waals surface area contributed by atoms with Crippen molar-refractivity contribution in [2.75, 3.05) is 32.9 Å². The molecule has 2 rings (SSSR count). The predicted octanol–water partition coefficient (Wildman–Crippen LogP) is 2.69. The van der Waals surface area contributed by atoms with Crippen LogP contribution in [0.15, 0.2) is 29.3 Å². The lowest BCUT2D eigenvalue weighted by atomic mass is 9.74. The fraction of sp³-hybridized carbons (Fsp3) is 0.632. The van der Waals surface area contributed by atoms with Crippen LogP contribution in [-0.2, 0) is 10.2 Å². The summed E-state index contributed by atoms with van der Waals surface area (Å²) in [4.78, 5) is 4.62. The summed E-state index contributed by atoms with van der Waals surface area (Å²) in [5.74, 6) is 1.98. The van der Waals surface area contributed by atoms with E-state index in [0.717, 1.165) is 38.3 Å². The highest BCUT2D eigenvalue weighted by molar-refractivity contribution is 5.77. The van der Waals surface area contributed by atoms with Gasteiger partial charge in [0.05, 0.1) is 13.2 Å². The van der Waals surface area contributed by atoms with E-state index >= 15 is 0 Å². The van der Waals surface area contributed by atoms with Gasteiger partial charge in [0, 0.05) is 25.2 Å². The number of hydrogen-bond acceptors (Lipinski definition) is 3. The molecule has 5 nitrogen and oxygen atoms in total. The van der Waals surface area contributed by atoms with Gasteiger partial charge in [-0.2, -0.15) is 0 Å². The molecule has 0 unspecified atom stereocenters. The van der Waals surface area contributed by atoms with E-state index in [0.29, 0.717) is 25.0 Å². The highest BCUT2D eigenvalue weighted by Gasteiger charge is 2.34. The lowest BCUT2D eigenvalue weighted by Crippen LogP contribution is -2.40. The fourth-order valence-electron chi connectivity index (χ4n) is 2.97. The van der Waals surface area contributed by atoms with Crippen LogP contribution >= 0.6 is 0 Å². The van der Waals surface area contributed by atoms with Crippen molar-refractivity contribution >= 4 is 5.96 Å². The Morgan fingerprint density at radius 3 is 2.54 bits per heavy atom. The first kappa shape index (κ1) is 18.6. The predicted molar refractivity (Wildman–Crippen MR) is 98.7 cm³/mol. The minimum Gasteiger partial charge on any atom is -0.494 e. The Morgan fingerprint density at radius 2 is 1.96 bits per heavy atom. The van der Waals surface area contributed by atoms with Gasteiger partial charge >= 0.3 is 0 Å². The molecule has 134 valence electrons. The topological polar surface area (TPSA) is 68.9 Å². The van der Waals surface area contributed by atoms with E-state index in [1.165, 1.54) is 5.56 Å². The average molecular weight is 333 g/mol. The van der Waals surface area contributed by atoms with Crippen LogP contribution in [0.2, 0.25) is 0 Å². The Hall–Kier alpha value is -1.75. The third kappa shape index (κ3) is 5.13. The molecule has 1 heterocycles. The van der Waals surface area contributed by atoms with E-state index in [1.807, 2.05) is 19.1 Å². The van der Waals surface area contributed by atoms with Gasteiger partial charge in [-0.05, 0) is 43.4 Å². The van der Waals surface area contributed by atoms with E-state index in [9.17, 15) is 0 Å². The van der Waals surface area contributed by atoms with Crippen LogP contribution in [0.4, 0.5) is 0 Å². The molecule has 0 radical (unpaired) electrons. The molecular weight excluding hydrogens is 302 g/mol. The molecule has 0 aliphatic carbocycles. The van der Waals surface area contributed by atoms with Crippen LogP contribution in [0.25, 0.3) is 0 Å². The molecule has 0 saturated carbocycles. The monoisotopic (exact) mass is 333 g/mol. The van der Waals surface area contributed by atoms with Crippen molar-refractivity contribution in [3.05, 3.63) is 29.8 Å². The number of nitrogens with two attached hydrogens (primary N) is 1. The second kappa shape index (κ2) is 8.92. The van der Waals surface area contributed by atoms with Crippen LogP contribution in [0.5, 0.6) is 5.75 Å². The SMILES string of the molecule is CCOc1ccc(C2(CN=C(N)NCC(C)C)CCOCC2)cc1. The van der Waals surface area contributed by atoms with Crippen molar-refractivity contribution in [2.45, 2.75) is 39.0 Å². The summed E-state index contributed by atoms with van der Waals surface area (Å²) in [6.45, 7) is 10.0. The molecule has 0 bridgehead atoms. The molecule has 24 heavy (non-hydrogen) atoms. The minimum atomic E-state index is -0.00682. The fourth-order valence-corrected chi connectivity index (χ4v) is 2.97. The normalized spacial score (nSPS) is 17.8. The van der Waals surface area contributed by atoms with Gasteiger partial charge in [-0.25, -0.2) is 0 Å². The largest absolute Gasteiger partial charge is 0.494 e. The van der Waals surface area contributed by atoms with Gasteiger partial charge in [0.2, 0.25) is 0 Å². The van der Waals surface area contributed by atoms with Crippen molar-refractivity contribution < 1.29 is 9.47 Å². The van der Waals surface area contributed by atoms with Crippen LogP contribution < -0.4 is 15.8 Å². The Balaban J connectivity index is 2.12. The number of benzene rings is 1. The van der Waals surface area contributed by atoms with Crippen LogP contribution in [-0.4, -0.2) is 38.9 Å². The van der Waals surface area contributed by atoms with Gasteiger partial charge in [-0.15, -0.1) is 0 Å². The lowest BCUT2D eigenvalue weighted by Gasteiger charge is -2.36. The average Bonchev–Trinajstić information content (AvgIpc) is 2.60. The zero-order valence-corrected chi connectivity index (χ0v) is 15.2. The smallest absolute Gasteiger partial charge is 0.188 e. The minimum absolute atomic E-state index is 0.00682. The molecule has 0 spiro atoms. The third-order valence-corrected chi connectivity index (χ3v) is 4.47. The summed E-state index contributed by atoms with van der Waals surface area (Å²) >= 11 is 0. The van der Waals surface area contributed by atoms with Crippen molar-refractivity contribution in [3.8, 4) is 5.75 Å². The second-order valence-corrected chi connectivity index (χ2v) is 6.83. The molecule has 5 heteroatoms. The third-order valence-electron chi connectivity index (χ3n) is 4.47. The van der Waals surface area contributed by atoms with Gasteiger partial charge in [-0.3, -0.25) is 4.99 Å². The van der Waals surface area contributed by atoms with Gasteiger partial charge in [0.15, 0.2) is 5.96 Å². The van der Waals surface area contributed by atoms with E-state index in [4.69, 9.17) is 15.2 Å². The Morgan fingerprint density at radius 1 is 1.29 bits per heavy atom. The number of rotatable bonds is 7. The molecule has 1 fully saturated rings. The summed E-state index contributed by atoms with van der Waals surface area (Å²) in [5.41, 5.74) is 7.31. The number of nitrogens with zero attached hydrogens (tertiary/aromatic N) is 1. The maximum atomic E-state index is 6.03. The highest BCUT2D eigenvalue weighted by Crippen LogP contribution is 2.36. The van der Waals surface area contributed by atoms with E-state index < -0.39 is 0 Å². The number of nitrogens with one attached hydrogen (secondary N) is 1. The standard InChI is InChI=1S/C19H31N3O2/c1-4-24-17-7-5-16(6-8-17)19(9-11-23-12-10-19)14-22-18(20)21-13-15(2)3/h5-8,15H,4,9-14H2,1-3H3,(H3,20,21,22). The summed E-state index contributed by atoms with van der Waals surface area (Å²) in [6, 6.07) is 8.40. The first-order chi connectivity index (χ1) is 11.6. The highest BCUT2D eigenvalue weighted by atomic mass is 16.5. The van der Waals surface area contributed by atoms with Crippen molar-refractivity contribution in [1.29, 1.82) is 0 Å². The van der Waals surface area contributed by atoms with Gasteiger partial charge in [-0.1, -0.05) is 26.0 Å². The zero-order valence-electron chi connectivity index (χ0n) is 15.2. The van der Waals surface area contributed by atoms with Crippen molar-refractivity contribution in [3.63, 3.8) is 0 Å². The maximum absolute atomic E-state index is 6.03. The Labute approximate surface area is 145 Å². The van der Waals surface area contributed by atoms with Gasteiger partial charge < -0.3 is 20.5 Å². The number of ether oxygens (including phenoxy) is 2. The maximum Gasteiger partial charge on any atom is 0.188 e. The van der Waals surface area contributed by atoms with Crippen molar-refractivity contribution in [1.82, 2.24) is 5.32 Å². The summed E-state index contributed by atoms with van der Waals surface area (Å²) in [6.07, 6.45) is 1.92. The molecule has 3 N–H and O–H groups in total. The number of guanidine groups is 1. The van der Waals surface area contributed by atoms with E-state index in [1.54, 1.807) is 0 Å². The first-order valence-corrected chi connectivity index (χ1v) is 8.90. The Kier molecular flexibility index (Phi) is 6.91. The van der Waals surface area contributed by atoms with Crippen LogP contribution in [0.3, 0.4) is 0 Å². The molecule has 0 atom stereocenters. The van der Waals surface area contributed by atoms with Gasteiger partial charge in [0.1, 0.15) is 5.75 Å². The summed E-state index contributed by atoms with van der Waals surface area (Å²) < 4.78 is 11.1. The molecule has 1 aliphatic rings. The van der Waals surface area contributed by atoms with Crippen LogP contribution in [0, 0.1) is 5.92 Å². The first-order valence-electron chi connectivity index (χ1n) is 8.90. The molecule has 1 aromatic carbocycles. The molecule has 1 aromatic rings. The second-order valence-electron chi connectivity index (χ2n) is 6.83. The molecule has 0 amide bonds. The number of hydrogen-bond donors (Lipinski definition) is 2. The molecule has 0 aromatic heterocycles. The summed E-state index contributed by atoms with van der Waals surface area (Å²) in [5, 5.41) is 3.19. The Bertz CT molecular complexity index is 520. The summed E-state index contributed by atoms with van der Waals surface area (Å²) in [7, 11) is 0. The van der Waals surface area contributed by atoms with E-state index in [-0.39, 0.29) is 5.41 Å². The van der Waals surface area contributed by atoms with Gasteiger partial charge in [0.25, 0.3) is 0 Å². The van der Waals surface area contributed by atoms with Crippen molar-refractivity contribution in [2.24, 2.45) is 16.6 Å². The quantitative estimate of drug-likeness (QED) is 0.595.